The van der Waals surface area contributed by atoms with Crippen LogP contribution in [0.25, 0.3) is 11.0 Å². The first-order valence-corrected chi connectivity index (χ1v) is 10.5. The number of hydrogen-bond acceptors (Lipinski definition) is 5. The molecule has 7 heteroatoms. The number of thioether (sulfide) groups is 1. The Hall–Kier alpha value is -2.02. The Bertz CT molecular complexity index is 969. The summed E-state index contributed by atoms with van der Waals surface area (Å²) in [5.74, 6) is -0.475. The van der Waals surface area contributed by atoms with Gasteiger partial charge in [-0.05, 0) is 43.7 Å². The van der Waals surface area contributed by atoms with Gasteiger partial charge >= 0.3 is 5.97 Å². The van der Waals surface area contributed by atoms with Gasteiger partial charge in [-0.3, -0.25) is 4.79 Å². The van der Waals surface area contributed by atoms with Gasteiger partial charge in [0.05, 0.1) is 28.5 Å². The molecule has 2 heterocycles. The number of aliphatic hydroxyl groups is 1. The third-order valence-corrected chi connectivity index (χ3v) is 7.20. The normalized spacial score (nSPS) is 27.2. The van der Waals surface area contributed by atoms with Crippen molar-refractivity contribution in [3.63, 3.8) is 0 Å². The van der Waals surface area contributed by atoms with Gasteiger partial charge in [0.1, 0.15) is 11.7 Å². The number of imidazole rings is 1. The van der Waals surface area contributed by atoms with Gasteiger partial charge in [0, 0.05) is 10.3 Å². The highest BCUT2D eigenvalue weighted by atomic mass is 35.5. The Labute approximate surface area is 172 Å². The Kier molecular flexibility index (Phi) is 5.12. The average Bonchev–Trinajstić information content (AvgIpc) is 3.20. The fourth-order valence-electron chi connectivity index (χ4n) is 3.79. The van der Waals surface area contributed by atoms with Gasteiger partial charge in [0.25, 0.3) is 0 Å². The first-order chi connectivity index (χ1) is 13.4. The third kappa shape index (κ3) is 3.30. The lowest BCUT2D eigenvalue weighted by atomic mass is 9.81. The molecule has 2 aromatic carbocycles. The molecule has 0 amide bonds. The number of hydrogen-bond donors (Lipinski definition) is 2. The fourth-order valence-corrected chi connectivity index (χ4v) is 5.73. The Balaban J connectivity index is 1.77. The summed E-state index contributed by atoms with van der Waals surface area (Å²) in [4.78, 5) is 20.8. The standard InChI is InChI=1S/C21H21ClN2O3S/c1-3-27-20(25)16-17(12-8-10-13(22)11-9-12)28-18(21(16,2)26)19-23-14-6-4-5-7-15(14)24-19/h4-11,16-18,26H,3H2,1-2H3,(H,23,24). The summed E-state index contributed by atoms with van der Waals surface area (Å²) in [6.45, 7) is 3.72. The van der Waals surface area contributed by atoms with Crippen LogP contribution in [0.15, 0.2) is 48.5 Å². The molecular formula is C21H21ClN2O3S. The molecule has 1 aromatic heterocycles. The van der Waals surface area contributed by atoms with Crippen molar-refractivity contribution in [2.75, 3.05) is 6.61 Å². The summed E-state index contributed by atoms with van der Waals surface area (Å²) < 4.78 is 5.31. The molecule has 0 aliphatic carbocycles. The van der Waals surface area contributed by atoms with Gasteiger partial charge in [0.15, 0.2) is 0 Å². The zero-order valence-electron chi connectivity index (χ0n) is 15.6. The van der Waals surface area contributed by atoms with E-state index in [0.29, 0.717) is 10.8 Å². The van der Waals surface area contributed by atoms with Crippen molar-refractivity contribution in [2.45, 2.75) is 29.9 Å². The van der Waals surface area contributed by atoms with Crippen molar-refractivity contribution in [1.29, 1.82) is 0 Å². The fraction of sp³-hybridized carbons (Fsp3) is 0.333. The maximum atomic E-state index is 12.8. The number of fused-ring (bicyclic) bond motifs is 1. The van der Waals surface area contributed by atoms with Gasteiger partial charge in [-0.2, -0.15) is 0 Å². The molecule has 1 aliphatic heterocycles. The molecule has 1 fully saturated rings. The van der Waals surface area contributed by atoms with E-state index >= 15 is 0 Å². The molecule has 0 radical (unpaired) electrons. The second kappa shape index (κ2) is 7.43. The Morgan fingerprint density at radius 1 is 1.29 bits per heavy atom. The predicted molar refractivity (Wildman–Crippen MR) is 111 cm³/mol. The zero-order valence-corrected chi connectivity index (χ0v) is 17.1. The van der Waals surface area contributed by atoms with E-state index in [4.69, 9.17) is 16.3 Å². The minimum atomic E-state index is -1.34. The van der Waals surface area contributed by atoms with Crippen LogP contribution in [0.4, 0.5) is 0 Å². The number of aromatic amines is 1. The van der Waals surface area contributed by atoms with Crippen molar-refractivity contribution in [3.05, 3.63) is 64.9 Å². The maximum absolute atomic E-state index is 12.8. The number of aromatic nitrogens is 2. The maximum Gasteiger partial charge on any atom is 0.313 e. The van der Waals surface area contributed by atoms with E-state index in [1.807, 2.05) is 36.4 Å². The molecular weight excluding hydrogens is 396 g/mol. The van der Waals surface area contributed by atoms with E-state index in [1.165, 1.54) is 11.8 Å². The molecule has 0 bridgehead atoms. The second-order valence-electron chi connectivity index (χ2n) is 7.08. The molecule has 4 atom stereocenters. The first-order valence-electron chi connectivity index (χ1n) is 9.16. The number of rotatable bonds is 4. The third-order valence-electron chi connectivity index (χ3n) is 5.14. The number of para-hydroxylation sites is 2. The number of benzene rings is 2. The predicted octanol–water partition coefficient (Wildman–Crippen LogP) is 4.68. The molecule has 4 unspecified atom stereocenters. The summed E-state index contributed by atoms with van der Waals surface area (Å²) in [6, 6.07) is 15.1. The van der Waals surface area contributed by atoms with Crippen molar-refractivity contribution in [2.24, 2.45) is 5.92 Å². The van der Waals surface area contributed by atoms with Crippen LogP contribution in [0.1, 0.15) is 35.7 Å². The number of ether oxygens (including phenoxy) is 1. The molecule has 5 nitrogen and oxygen atoms in total. The van der Waals surface area contributed by atoms with Crippen LogP contribution >= 0.6 is 23.4 Å². The van der Waals surface area contributed by atoms with Crippen LogP contribution in [0.2, 0.25) is 5.02 Å². The summed E-state index contributed by atoms with van der Waals surface area (Å²) in [6.07, 6.45) is 0. The van der Waals surface area contributed by atoms with Crippen molar-refractivity contribution in [1.82, 2.24) is 9.97 Å². The van der Waals surface area contributed by atoms with Crippen LogP contribution in [0, 0.1) is 5.92 Å². The number of esters is 1. The molecule has 2 N–H and O–H groups in total. The highest BCUT2D eigenvalue weighted by Gasteiger charge is 2.58. The second-order valence-corrected chi connectivity index (χ2v) is 8.77. The minimum absolute atomic E-state index is 0.263. The van der Waals surface area contributed by atoms with Crippen LogP contribution in [0.5, 0.6) is 0 Å². The van der Waals surface area contributed by atoms with Crippen LogP contribution in [-0.4, -0.2) is 33.3 Å². The van der Waals surface area contributed by atoms with E-state index in [-0.39, 0.29) is 11.9 Å². The highest BCUT2D eigenvalue weighted by Crippen LogP contribution is 2.61. The summed E-state index contributed by atoms with van der Waals surface area (Å²) in [5.41, 5.74) is 1.31. The van der Waals surface area contributed by atoms with Gasteiger partial charge in [0.2, 0.25) is 0 Å². The molecule has 4 rings (SSSR count). The number of nitrogens with one attached hydrogen (secondary N) is 1. The van der Waals surface area contributed by atoms with E-state index in [0.717, 1.165) is 16.6 Å². The van der Waals surface area contributed by atoms with Crippen LogP contribution < -0.4 is 0 Å². The monoisotopic (exact) mass is 416 g/mol. The highest BCUT2D eigenvalue weighted by molar-refractivity contribution is 8.00. The van der Waals surface area contributed by atoms with Crippen molar-refractivity contribution >= 4 is 40.4 Å². The SMILES string of the molecule is CCOC(=O)C1C(c2ccc(Cl)cc2)SC(c2nc3ccccc3[nH]2)C1(C)O. The lowest BCUT2D eigenvalue weighted by molar-refractivity contribution is -0.156. The zero-order chi connectivity index (χ0) is 19.9. The summed E-state index contributed by atoms with van der Waals surface area (Å²) >= 11 is 7.55. The molecule has 3 aromatic rings. The summed E-state index contributed by atoms with van der Waals surface area (Å²) in [7, 11) is 0. The van der Waals surface area contributed by atoms with Crippen molar-refractivity contribution in [3.8, 4) is 0 Å². The number of halogens is 1. The Morgan fingerprint density at radius 2 is 2.00 bits per heavy atom. The number of carbonyl (C=O) groups excluding carboxylic acids is 1. The smallest absolute Gasteiger partial charge is 0.313 e. The van der Waals surface area contributed by atoms with E-state index in [2.05, 4.69) is 9.97 Å². The van der Waals surface area contributed by atoms with Crippen molar-refractivity contribution < 1.29 is 14.6 Å². The average molecular weight is 417 g/mol. The van der Waals surface area contributed by atoms with Gasteiger partial charge < -0.3 is 14.8 Å². The van der Waals surface area contributed by atoms with Crippen LogP contribution in [0.3, 0.4) is 0 Å². The quantitative estimate of drug-likeness (QED) is 0.604. The lowest BCUT2D eigenvalue weighted by Gasteiger charge is -2.29. The molecule has 1 aliphatic rings. The Morgan fingerprint density at radius 3 is 2.68 bits per heavy atom. The molecule has 1 saturated heterocycles. The van der Waals surface area contributed by atoms with E-state index in [9.17, 15) is 9.90 Å². The summed E-state index contributed by atoms with van der Waals surface area (Å²) in [5, 5.41) is 11.4. The van der Waals surface area contributed by atoms with E-state index < -0.39 is 22.7 Å². The topological polar surface area (TPSA) is 75.2 Å². The molecule has 28 heavy (non-hydrogen) atoms. The number of nitrogens with zero attached hydrogens (tertiary/aromatic N) is 1. The lowest BCUT2D eigenvalue weighted by Crippen LogP contribution is -2.41. The first kappa shape index (κ1) is 19.3. The minimum Gasteiger partial charge on any atom is -0.466 e. The largest absolute Gasteiger partial charge is 0.466 e. The van der Waals surface area contributed by atoms with Gasteiger partial charge in [-0.15, -0.1) is 11.8 Å². The number of carbonyl (C=O) groups is 1. The molecule has 146 valence electrons. The van der Waals surface area contributed by atoms with Crippen LogP contribution in [-0.2, 0) is 9.53 Å². The number of H-pyrrole nitrogens is 1. The molecule has 0 saturated carbocycles. The van der Waals surface area contributed by atoms with Gasteiger partial charge in [-0.25, -0.2) is 4.98 Å². The van der Waals surface area contributed by atoms with Gasteiger partial charge in [-0.1, -0.05) is 35.9 Å². The molecule has 0 spiro atoms. The van der Waals surface area contributed by atoms with E-state index in [1.54, 1.807) is 26.0 Å².